The molecule has 7 heteroatoms. The van der Waals surface area contributed by atoms with Crippen LogP contribution in [0.2, 0.25) is 18.1 Å². The predicted molar refractivity (Wildman–Crippen MR) is 158 cm³/mol. The SMILES string of the molecule is CC(C)(C)[Si](C)(C)OC/C=C/c1cn(C(c2ccccc2)(c2ccccc2)c2ccccc2)c(N=[N+]=[N-])n1. The maximum atomic E-state index is 9.48. The Morgan fingerprint density at radius 1 is 0.868 bits per heavy atom. The van der Waals surface area contributed by atoms with Gasteiger partial charge in [0.1, 0.15) is 5.54 Å². The van der Waals surface area contributed by atoms with Gasteiger partial charge < -0.3 is 8.99 Å². The second-order valence-electron chi connectivity index (χ2n) is 10.8. The van der Waals surface area contributed by atoms with Gasteiger partial charge in [-0.05, 0) is 51.5 Å². The quantitative estimate of drug-likeness (QED) is 0.0726. The molecule has 0 aliphatic heterocycles. The zero-order valence-electron chi connectivity index (χ0n) is 22.7. The molecule has 1 heterocycles. The van der Waals surface area contributed by atoms with Crippen molar-refractivity contribution in [1.29, 1.82) is 0 Å². The van der Waals surface area contributed by atoms with Gasteiger partial charge in [0.2, 0.25) is 0 Å². The number of rotatable bonds is 9. The Hall–Kier alpha value is -3.90. The second-order valence-corrected chi connectivity index (χ2v) is 15.6. The van der Waals surface area contributed by atoms with Crippen LogP contribution in [0.15, 0.2) is 108 Å². The summed E-state index contributed by atoms with van der Waals surface area (Å²) in [5.74, 6) is 0.286. The van der Waals surface area contributed by atoms with E-state index in [-0.39, 0.29) is 11.0 Å². The first-order valence-electron chi connectivity index (χ1n) is 12.8. The molecule has 0 aliphatic rings. The molecule has 194 valence electrons. The molecule has 1 aromatic heterocycles. The molecular weight excluding hydrogens is 486 g/mol. The first kappa shape index (κ1) is 27.1. The highest BCUT2D eigenvalue weighted by atomic mass is 28.4. The first-order chi connectivity index (χ1) is 18.2. The Labute approximate surface area is 226 Å². The molecule has 0 amide bonds. The van der Waals surface area contributed by atoms with Gasteiger partial charge in [0.25, 0.3) is 0 Å². The van der Waals surface area contributed by atoms with Crippen LogP contribution in [0.25, 0.3) is 16.5 Å². The number of nitrogens with zero attached hydrogens (tertiary/aromatic N) is 5. The third-order valence-electron chi connectivity index (χ3n) is 7.41. The summed E-state index contributed by atoms with van der Waals surface area (Å²) in [6.07, 6.45) is 5.88. The lowest BCUT2D eigenvalue weighted by Crippen LogP contribution is -2.40. The molecule has 0 unspecified atom stereocenters. The fraction of sp³-hybridized carbons (Fsp3) is 0.258. The van der Waals surface area contributed by atoms with Crippen molar-refractivity contribution in [3.8, 4) is 0 Å². The molecule has 0 saturated carbocycles. The highest BCUT2D eigenvalue weighted by Gasteiger charge is 2.40. The van der Waals surface area contributed by atoms with E-state index in [2.05, 4.69) is 80.3 Å². The number of hydrogen-bond donors (Lipinski definition) is 0. The number of aromatic nitrogens is 2. The van der Waals surface area contributed by atoms with E-state index in [0.29, 0.717) is 12.3 Å². The van der Waals surface area contributed by atoms with E-state index in [4.69, 9.17) is 9.41 Å². The summed E-state index contributed by atoms with van der Waals surface area (Å²) >= 11 is 0. The van der Waals surface area contributed by atoms with E-state index < -0.39 is 13.9 Å². The van der Waals surface area contributed by atoms with Crippen LogP contribution in [0.1, 0.15) is 43.2 Å². The number of hydrogen-bond acceptors (Lipinski definition) is 3. The predicted octanol–water partition coefficient (Wildman–Crippen LogP) is 8.70. The van der Waals surface area contributed by atoms with Crippen molar-refractivity contribution in [3.63, 3.8) is 0 Å². The minimum atomic E-state index is -1.87. The Morgan fingerprint density at radius 2 is 1.34 bits per heavy atom. The molecule has 0 bridgehead atoms. The fourth-order valence-corrected chi connectivity index (χ4v) is 5.37. The van der Waals surface area contributed by atoms with Crippen LogP contribution in [0, 0.1) is 0 Å². The molecule has 0 N–H and O–H groups in total. The standard InChI is InChI=1S/C31H35N5OSi/c1-30(2,3)38(4,5)37-23-15-22-28-24-36(29(33-28)34-35-32)31(25-16-9-6-10-17-25,26-18-11-7-12-19-26)27-20-13-8-14-21-27/h6-22,24H,23H2,1-5H3/b22-15+. The van der Waals surface area contributed by atoms with Gasteiger partial charge in [-0.3, -0.25) is 0 Å². The van der Waals surface area contributed by atoms with Crippen molar-refractivity contribution in [1.82, 2.24) is 9.55 Å². The van der Waals surface area contributed by atoms with Crippen molar-refractivity contribution in [2.75, 3.05) is 6.61 Å². The van der Waals surface area contributed by atoms with Gasteiger partial charge in [-0.25, -0.2) is 4.98 Å². The lowest BCUT2D eigenvalue weighted by molar-refractivity contribution is 0.328. The van der Waals surface area contributed by atoms with Crippen molar-refractivity contribution < 1.29 is 4.43 Å². The van der Waals surface area contributed by atoms with Crippen LogP contribution in [0.4, 0.5) is 5.95 Å². The van der Waals surface area contributed by atoms with E-state index >= 15 is 0 Å². The molecule has 0 aliphatic carbocycles. The maximum absolute atomic E-state index is 9.48. The highest BCUT2D eigenvalue weighted by molar-refractivity contribution is 6.74. The molecule has 0 saturated heterocycles. The maximum Gasteiger partial charge on any atom is 0.198 e. The Balaban J connectivity index is 1.89. The molecule has 0 fully saturated rings. The fourth-order valence-electron chi connectivity index (χ4n) is 4.42. The molecule has 0 radical (unpaired) electrons. The van der Waals surface area contributed by atoms with Crippen molar-refractivity contribution in [2.24, 2.45) is 5.11 Å². The minimum Gasteiger partial charge on any atom is -0.413 e. The molecule has 0 spiro atoms. The highest BCUT2D eigenvalue weighted by Crippen LogP contribution is 2.43. The van der Waals surface area contributed by atoms with Crippen LogP contribution < -0.4 is 0 Å². The summed E-state index contributed by atoms with van der Waals surface area (Å²) in [7, 11) is -1.87. The van der Waals surface area contributed by atoms with Crippen LogP contribution in [-0.4, -0.2) is 24.5 Å². The van der Waals surface area contributed by atoms with Crippen molar-refractivity contribution >= 4 is 20.3 Å². The van der Waals surface area contributed by atoms with Crippen LogP contribution in [0.3, 0.4) is 0 Å². The number of imidazole rings is 1. The van der Waals surface area contributed by atoms with Gasteiger partial charge >= 0.3 is 0 Å². The van der Waals surface area contributed by atoms with Gasteiger partial charge in [0.15, 0.2) is 14.3 Å². The van der Waals surface area contributed by atoms with Gasteiger partial charge in [-0.1, -0.05) is 118 Å². The largest absolute Gasteiger partial charge is 0.413 e. The van der Waals surface area contributed by atoms with Crippen molar-refractivity contribution in [2.45, 2.75) is 44.4 Å². The van der Waals surface area contributed by atoms with E-state index in [1.54, 1.807) is 0 Å². The average Bonchev–Trinajstić information content (AvgIpc) is 3.31. The molecular formula is C31H35N5OSi. The van der Waals surface area contributed by atoms with Gasteiger partial charge in [-0.2, -0.15) is 0 Å². The van der Waals surface area contributed by atoms with Crippen LogP contribution in [-0.2, 0) is 9.96 Å². The van der Waals surface area contributed by atoms with Gasteiger partial charge in [0, 0.05) is 11.1 Å². The smallest absolute Gasteiger partial charge is 0.198 e. The summed E-state index contributed by atoms with van der Waals surface area (Å²) in [5, 5.41) is 4.18. The van der Waals surface area contributed by atoms with Gasteiger partial charge in [0.05, 0.1) is 12.3 Å². The van der Waals surface area contributed by atoms with Crippen molar-refractivity contribution in [3.05, 3.63) is 136 Å². The average molecular weight is 522 g/mol. The van der Waals surface area contributed by atoms with Crippen LogP contribution >= 0.6 is 0 Å². The summed E-state index contributed by atoms with van der Waals surface area (Å²) in [5.41, 5.74) is 12.4. The third kappa shape index (κ3) is 5.36. The summed E-state index contributed by atoms with van der Waals surface area (Å²) in [4.78, 5) is 7.87. The van der Waals surface area contributed by atoms with Gasteiger partial charge in [-0.15, -0.1) is 0 Å². The molecule has 0 atom stereocenters. The molecule has 38 heavy (non-hydrogen) atoms. The monoisotopic (exact) mass is 521 g/mol. The van der Waals surface area contributed by atoms with E-state index in [1.807, 2.05) is 77.5 Å². The van der Waals surface area contributed by atoms with Crippen LogP contribution in [0.5, 0.6) is 0 Å². The third-order valence-corrected chi connectivity index (χ3v) is 11.9. The Kier molecular flexibility index (Phi) is 8.02. The zero-order chi connectivity index (χ0) is 27.2. The molecule has 4 rings (SSSR count). The van der Waals surface area contributed by atoms with E-state index in [0.717, 1.165) is 16.7 Å². The molecule has 4 aromatic rings. The summed E-state index contributed by atoms with van der Waals surface area (Å²) in [6, 6.07) is 30.8. The minimum absolute atomic E-state index is 0.137. The lowest BCUT2D eigenvalue weighted by atomic mass is 9.76. The van der Waals surface area contributed by atoms with E-state index in [1.165, 1.54) is 0 Å². The summed E-state index contributed by atoms with van der Waals surface area (Å²) in [6.45, 7) is 11.7. The lowest BCUT2D eigenvalue weighted by Gasteiger charge is -2.38. The molecule has 6 nitrogen and oxygen atoms in total. The first-order valence-corrected chi connectivity index (χ1v) is 15.7. The Morgan fingerprint density at radius 3 is 1.76 bits per heavy atom. The second kappa shape index (κ2) is 11.2. The Bertz CT molecular complexity index is 1320. The topological polar surface area (TPSA) is 75.8 Å². The zero-order valence-corrected chi connectivity index (χ0v) is 23.7. The number of benzene rings is 3. The molecule has 3 aromatic carbocycles. The van der Waals surface area contributed by atoms with E-state index in [9.17, 15) is 5.53 Å². The normalized spacial score (nSPS) is 12.4. The number of azide groups is 1. The summed E-state index contributed by atoms with van der Waals surface area (Å²) < 4.78 is 8.30.